The van der Waals surface area contributed by atoms with E-state index in [4.69, 9.17) is 5.73 Å². The van der Waals surface area contributed by atoms with Crippen LogP contribution in [0.2, 0.25) is 0 Å². The number of nitrogens with zero attached hydrogens (tertiary/aromatic N) is 1. The van der Waals surface area contributed by atoms with Gasteiger partial charge in [-0.2, -0.15) is 23.5 Å². The van der Waals surface area contributed by atoms with Crippen LogP contribution in [-0.2, 0) is 6.42 Å². The van der Waals surface area contributed by atoms with Crippen LogP contribution >= 0.6 is 23.5 Å². The first-order valence-electron chi connectivity index (χ1n) is 6.70. The van der Waals surface area contributed by atoms with E-state index in [9.17, 15) is 0 Å². The fourth-order valence-electron chi connectivity index (χ4n) is 3.12. The van der Waals surface area contributed by atoms with Gasteiger partial charge >= 0.3 is 0 Å². The summed E-state index contributed by atoms with van der Waals surface area (Å²) < 4.78 is 0. The third-order valence-electron chi connectivity index (χ3n) is 4.08. The molecule has 0 saturated carbocycles. The van der Waals surface area contributed by atoms with Crippen molar-refractivity contribution in [2.75, 3.05) is 11.5 Å². The summed E-state index contributed by atoms with van der Waals surface area (Å²) in [5.41, 5.74) is 9.27. The number of fused-ring (bicyclic) bond motifs is 1. The Kier molecular flexibility index (Phi) is 3.87. The molecular weight excluding hydrogens is 260 g/mol. The fraction of sp³-hybridized carbons (Fsp3) is 0.643. The van der Waals surface area contributed by atoms with Crippen molar-refractivity contribution >= 4 is 23.5 Å². The number of hydrogen-bond donors (Lipinski definition) is 1. The van der Waals surface area contributed by atoms with Crippen LogP contribution < -0.4 is 5.73 Å². The molecular formula is C14H20N2S2. The molecule has 1 aliphatic heterocycles. The van der Waals surface area contributed by atoms with Crippen LogP contribution in [0.25, 0.3) is 0 Å². The smallest absolute Gasteiger partial charge is 0.0482 e. The lowest BCUT2D eigenvalue weighted by Crippen LogP contribution is -2.44. The van der Waals surface area contributed by atoms with Crippen molar-refractivity contribution in [1.82, 2.24) is 4.98 Å². The molecule has 1 fully saturated rings. The first kappa shape index (κ1) is 12.8. The van der Waals surface area contributed by atoms with E-state index in [2.05, 4.69) is 41.5 Å². The second-order valence-electron chi connectivity index (χ2n) is 5.18. The Bertz CT molecular complexity index is 424. The summed E-state index contributed by atoms with van der Waals surface area (Å²) in [5, 5.41) is 1.26. The maximum atomic E-state index is 6.58. The van der Waals surface area contributed by atoms with E-state index in [0.717, 1.165) is 6.42 Å². The summed E-state index contributed by atoms with van der Waals surface area (Å²) >= 11 is 4.14. The minimum absolute atomic E-state index is 0.258. The topological polar surface area (TPSA) is 38.9 Å². The highest BCUT2D eigenvalue weighted by molar-refractivity contribution is 8.07. The minimum Gasteiger partial charge on any atom is -0.326 e. The van der Waals surface area contributed by atoms with Gasteiger partial charge in [0, 0.05) is 45.9 Å². The maximum absolute atomic E-state index is 6.58. The molecule has 1 aromatic rings. The summed E-state index contributed by atoms with van der Waals surface area (Å²) in [6, 6.07) is 4.51. The third-order valence-corrected chi connectivity index (χ3v) is 7.32. The van der Waals surface area contributed by atoms with Gasteiger partial charge in [0.05, 0.1) is 0 Å². The van der Waals surface area contributed by atoms with Gasteiger partial charge < -0.3 is 5.73 Å². The maximum Gasteiger partial charge on any atom is 0.0482 e. The van der Waals surface area contributed by atoms with Crippen LogP contribution in [0.15, 0.2) is 18.3 Å². The second kappa shape index (κ2) is 5.43. The molecule has 0 spiro atoms. The molecule has 2 nitrogen and oxygen atoms in total. The molecule has 3 rings (SSSR count). The zero-order valence-electron chi connectivity index (χ0n) is 10.7. The Morgan fingerprint density at radius 3 is 3.06 bits per heavy atom. The van der Waals surface area contributed by atoms with E-state index >= 15 is 0 Å². The Hall–Kier alpha value is -0.190. The Balaban J connectivity index is 1.79. The van der Waals surface area contributed by atoms with Crippen molar-refractivity contribution in [2.45, 2.75) is 42.2 Å². The van der Waals surface area contributed by atoms with Gasteiger partial charge in [-0.15, -0.1) is 0 Å². The van der Waals surface area contributed by atoms with Crippen molar-refractivity contribution in [1.29, 1.82) is 0 Å². The van der Waals surface area contributed by atoms with Gasteiger partial charge in [-0.05, 0) is 24.5 Å². The van der Waals surface area contributed by atoms with E-state index in [1.165, 1.54) is 29.2 Å². The SMILES string of the molecule is CC1SCCSC1C(N)C1CCc2cccnc21. The molecule has 2 aliphatic rings. The molecule has 4 atom stereocenters. The Morgan fingerprint density at radius 1 is 1.39 bits per heavy atom. The number of aromatic nitrogens is 1. The largest absolute Gasteiger partial charge is 0.326 e. The highest BCUT2D eigenvalue weighted by atomic mass is 32.2. The second-order valence-corrected chi connectivity index (χ2v) is 7.95. The van der Waals surface area contributed by atoms with Crippen molar-refractivity contribution in [2.24, 2.45) is 5.73 Å². The van der Waals surface area contributed by atoms with E-state index < -0.39 is 0 Å². The molecule has 1 aliphatic carbocycles. The van der Waals surface area contributed by atoms with Crippen LogP contribution in [0.3, 0.4) is 0 Å². The summed E-state index contributed by atoms with van der Waals surface area (Å²) in [6.07, 6.45) is 4.25. The average molecular weight is 280 g/mol. The molecule has 1 aromatic heterocycles. The van der Waals surface area contributed by atoms with Crippen molar-refractivity contribution < 1.29 is 0 Å². The first-order valence-corrected chi connectivity index (χ1v) is 8.79. The Labute approximate surface area is 118 Å². The number of rotatable bonds is 2. The van der Waals surface area contributed by atoms with E-state index in [1.807, 2.05) is 12.3 Å². The normalized spacial score (nSPS) is 33.1. The van der Waals surface area contributed by atoms with Crippen LogP contribution in [0, 0.1) is 0 Å². The number of nitrogens with two attached hydrogens (primary N) is 1. The van der Waals surface area contributed by atoms with Crippen LogP contribution in [-0.4, -0.2) is 33.0 Å². The third kappa shape index (κ3) is 2.30. The lowest BCUT2D eigenvalue weighted by Gasteiger charge is -2.35. The van der Waals surface area contributed by atoms with Crippen LogP contribution in [0.5, 0.6) is 0 Å². The fourth-order valence-corrected chi connectivity index (χ4v) is 6.06. The summed E-state index contributed by atoms with van der Waals surface area (Å²) in [4.78, 5) is 4.59. The number of thioether (sulfide) groups is 2. The number of hydrogen-bond acceptors (Lipinski definition) is 4. The first-order chi connectivity index (χ1) is 8.77. The molecule has 0 amide bonds. The van der Waals surface area contributed by atoms with Gasteiger partial charge in [-0.1, -0.05) is 13.0 Å². The zero-order chi connectivity index (χ0) is 12.5. The summed E-state index contributed by atoms with van der Waals surface area (Å²) in [7, 11) is 0. The van der Waals surface area contributed by atoms with Gasteiger partial charge in [-0.25, -0.2) is 0 Å². The van der Waals surface area contributed by atoms with Crippen LogP contribution in [0.1, 0.15) is 30.5 Å². The molecule has 4 heteroatoms. The van der Waals surface area contributed by atoms with Gasteiger partial charge in [0.15, 0.2) is 0 Å². The van der Waals surface area contributed by atoms with Crippen molar-refractivity contribution in [3.05, 3.63) is 29.6 Å². The average Bonchev–Trinajstić information content (AvgIpc) is 2.82. The summed E-state index contributed by atoms with van der Waals surface area (Å²) in [5.74, 6) is 2.99. The molecule has 2 N–H and O–H groups in total. The minimum atomic E-state index is 0.258. The highest BCUT2D eigenvalue weighted by Crippen LogP contribution is 2.40. The molecule has 18 heavy (non-hydrogen) atoms. The Morgan fingerprint density at radius 2 is 2.22 bits per heavy atom. The predicted octanol–water partition coefficient (Wildman–Crippen LogP) is 2.68. The molecule has 1 saturated heterocycles. The lowest BCUT2D eigenvalue weighted by atomic mass is 9.93. The quantitative estimate of drug-likeness (QED) is 0.904. The van der Waals surface area contributed by atoms with Gasteiger partial charge in [0.25, 0.3) is 0 Å². The number of aryl methyl sites for hydroxylation is 1. The highest BCUT2D eigenvalue weighted by Gasteiger charge is 2.37. The zero-order valence-corrected chi connectivity index (χ0v) is 12.3. The molecule has 4 unspecified atom stereocenters. The van der Waals surface area contributed by atoms with Gasteiger partial charge in [0.1, 0.15) is 0 Å². The van der Waals surface area contributed by atoms with Crippen molar-refractivity contribution in [3.8, 4) is 0 Å². The van der Waals surface area contributed by atoms with E-state index in [1.54, 1.807) is 0 Å². The van der Waals surface area contributed by atoms with Gasteiger partial charge in [-0.3, -0.25) is 4.98 Å². The van der Waals surface area contributed by atoms with E-state index in [0.29, 0.717) is 16.4 Å². The molecule has 0 radical (unpaired) electrons. The monoisotopic (exact) mass is 280 g/mol. The lowest BCUT2D eigenvalue weighted by molar-refractivity contribution is 0.499. The van der Waals surface area contributed by atoms with Gasteiger partial charge in [0.2, 0.25) is 0 Å². The molecule has 2 heterocycles. The van der Waals surface area contributed by atoms with E-state index in [-0.39, 0.29) is 6.04 Å². The molecule has 98 valence electrons. The summed E-state index contributed by atoms with van der Waals surface area (Å²) in [6.45, 7) is 2.33. The van der Waals surface area contributed by atoms with Crippen LogP contribution in [0.4, 0.5) is 0 Å². The predicted molar refractivity (Wildman–Crippen MR) is 81.4 cm³/mol. The molecule has 0 aromatic carbocycles. The molecule has 0 bridgehead atoms. The van der Waals surface area contributed by atoms with Crippen molar-refractivity contribution in [3.63, 3.8) is 0 Å². The standard InChI is InChI=1S/C14H20N2S2/c1-9-14(18-8-7-17-9)12(15)11-5-4-10-3-2-6-16-13(10)11/h2-3,6,9,11-12,14H,4-5,7-8,15H2,1H3. The number of pyridine rings is 1.